The van der Waals surface area contributed by atoms with Crippen LogP contribution in [-0.2, 0) is 0 Å². The van der Waals surface area contributed by atoms with Gasteiger partial charge < -0.3 is 10.6 Å². The second-order valence-electron chi connectivity index (χ2n) is 2.42. The molecule has 0 rings (SSSR count). The SMILES string of the molecule is C=C=CCNCCCCNC. The largest absolute Gasteiger partial charge is 0.320 e. The van der Waals surface area contributed by atoms with E-state index in [1.54, 1.807) is 0 Å². The van der Waals surface area contributed by atoms with E-state index >= 15 is 0 Å². The molecule has 0 bridgehead atoms. The van der Waals surface area contributed by atoms with Crippen LogP contribution in [0.2, 0.25) is 0 Å². The van der Waals surface area contributed by atoms with Crippen LogP contribution < -0.4 is 10.6 Å². The van der Waals surface area contributed by atoms with Crippen molar-refractivity contribution < 1.29 is 0 Å². The summed E-state index contributed by atoms with van der Waals surface area (Å²) in [4.78, 5) is 0. The number of nitrogens with one attached hydrogen (secondary N) is 2. The summed E-state index contributed by atoms with van der Waals surface area (Å²) in [7, 11) is 1.98. The molecule has 0 atom stereocenters. The Morgan fingerprint density at radius 1 is 1.36 bits per heavy atom. The van der Waals surface area contributed by atoms with Crippen LogP contribution in [0.4, 0.5) is 0 Å². The van der Waals surface area contributed by atoms with Gasteiger partial charge in [-0.3, -0.25) is 0 Å². The van der Waals surface area contributed by atoms with Crippen molar-refractivity contribution in [3.05, 3.63) is 18.4 Å². The van der Waals surface area contributed by atoms with Crippen LogP contribution >= 0.6 is 0 Å². The van der Waals surface area contributed by atoms with E-state index in [4.69, 9.17) is 0 Å². The molecule has 0 aliphatic heterocycles. The third-order valence-electron chi connectivity index (χ3n) is 1.42. The fourth-order valence-electron chi connectivity index (χ4n) is 0.798. The van der Waals surface area contributed by atoms with Gasteiger partial charge in [0.05, 0.1) is 0 Å². The highest BCUT2D eigenvalue weighted by molar-refractivity contribution is 4.77. The first-order chi connectivity index (χ1) is 5.41. The van der Waals surface area contributed by atoms with E-state index in [1.165, 1.54) is 12.8 Å². The summed E-state index contributed by atoms with van der Waals surface area (Å²) >= 11 is 0. The van der Waals surface area contributed by atoms with Crippen LogP contribution in [0.1, 0.15) is 12.8 Å². The molecule has 0 heterocycles. The summed E-state index contributed by atoms with van der Waals surface area (Å²) in [5.74, 6) is 0. The fraction of sp³-hybridized carbons (Fsp3) is 0.667. The van der Waals surface area contributed by atoms with Gasteiger partial charge in [-0.15, -0.1) is 5.73 Å². The van der Waals surface area contributed by atoms with E-state index in [0.29, 0.717) is 0 Å². The van der Waals surface area contributed by atoms with Crippen molar-refractivity contribution in [2.75, 3.05) is 26.7 Å². The highest BCUT2D eigenvalue weighted by Crippen LogP contribution is 1.82. The summed E-state index contributed by atoms with van der Waals surface area (Å²) in [6, 6.07) is 0. The Hall–Kier alpha value is -0.560. The van der Waals surface area contributed by atoms with Crippen LogP contribution in [0.3, 0.4) is 0 Å². The van der Waals surface area contributed by atoms with Gasteiger partial charge in [-0.1, -0.05) is 6.58 Å². The zero-order valence-corrected chi connectivity index (χ0v) is 7.32. The molecule has 0 aliphatic rings. The first-order valence-electron chi connectivity index (χ1n) is 4.11. The number of rotatable bonds is 7. The predicted molar refractivity (Wildman–Crippen MR) is 49.7 cm³/mol. The standard InChI is InChI=1S/C9H18N2/c1-3-4-8-11-9-6-5-7-10-2/h4,10-11H,1,5-9H2,2H3. The van der Waals surface area contributed by atoms with Crippen molar-refractivity contribution >= 4 is 0 Å². The average molecular weight is 154 g/mol. The maximum absolute atomic E-state index is 3.48. The first-order valence-corrected chi connectivity index (χ1v) is 4.11. The molecule has 0 saturated carbocycles. The second-order valence-corrected chi connectivity index (χ2v) is 2.42. The molecule has 0 radical (unpaired) electrons. The Labute approximate surface area is 69.4 Å². The summed E-state index contributed by atoms with van der Waals surface area (Å²) in [5, 5.41) is 6.37. The van der Waals surface area contributed by atoms with Gasteiger partial charge in [-0.2, -0.15) is 0 Å². The highest BCUT2D eigenvalue weighted by Gasteiger charge is 1.84. The molecule has 11 heavy (non-hydrogen) atoms. The lowest BCUT2D eigenvalue weighted by Gasteiger charge is -2.00. The molecule has 0 fully saturated rings. The van der Waals surface area contributed by atoms with Gasteiger partial charge in [0, 0.05) is 6.54 Å². The lowest BCUT2D eigenvalue weighted by molar-refractivity contribution is 0.629. The molecule has 2 nitrogen and oxygen atoms in total. The van der Waals surface area contributed by atoms with Crippen molar-refractivity contribution in [3.63, 3.8) is 0 Å². The third-order valence-corrected chi connectivity index (χ3v) is 1.42. The van der Waals surface area contributed by atoms with E-state index in [9.17, 15) is 0 Å². The summed E-state index contributed by atoms with van der Waals surface area (Å²) < 4.78 is 0. The van der Waals surface area contributed by atoms with Gasteiger partial charge in [0.2, 0.25) is 0 Å². The Bertz CT molecular complexity index is 115. The Morgan fingerprint density at radius 3 is 2.73 bits per heavy atom. The molecule has 0 aromatic heterocycles. The van der Waals surface area contributed by atoms with Crippen molar-refractivity contribution in [2.24, 2.45) is 0 Å². The van der Waals surface area contributed by atoms with Crippen LogP contribution in [0.5, 0.6) is 0 Å². The van der Waals surface area contributed by atoms with E-state index in [0.717, 1.165) is 19.6 Å². The van der Waals surface area contributed by atoms with Gasteiger partial charge in [0.25, 0.3) is 0 Å². The molecular formula is C9H18N2. The molecule has 0 amide bonds. The minimum Gasteiger partial charge on any atom is -0.320 e. The zero-order valence-electron chi connectivity index (χ0n) is 7.32. The first kappa shape index (κ1) is 10.4. The minimum absolute atomic E-state index is 0.892. The maximum Gasteiger partial charge on any atom is 0.0209 e. The quantitative estimate of drug-likeness (QED) is 0.421. The molecule has 0 saturated heterocycles. The highest BCUT2D eigenvalue weighted by atomic mass is 14.8. The Balaban J connectivity index is 2.84. The predicted octanol–water partition coefficient (Wildman–Crippen LogP) is 0.917. The fourth-order valence-corrected chi connectivity index (χ4v) is 0.798. The topological polar surface area (TPSA) is 24.1 Å². The van der Waals surface area contributed by atoms with Crippen LogP contribution in [0.25, 0.3) is 0 Å². The van der Waals surface area contributed by atoms with Gasteiger partial charge >= 0.3 is 0 Å². The van der Waals surface area contributed by atoms with E-state index in [2.05, 4.69) is 22.9 Å². The van der Waals surface area contributed by atoms with Crippen molar-refractivity contribution in [1.29, 1.82) is 0 Å². The van der Waals surface area contributed by atoms with Crippen molar-refractivity contribution in [1.82, 2.24) is 10.6 Å². The van der Waals surface area contributed by atoms with E-state index in [-0.39, 0.29) is 0 Å². The van der Waals surface area contributed by atoms with Gasteiger partial charge in [0.15, 0.2) is 0 Å². The molecule has 2 N–H and O–H groups in total. The normalized spacial score (nSPS) is 9.18. The van der Waals surface area contributed by atoms with Crippen LogP contribution in [0.15, 0.2) is 18.4 Å². The Kier molecular flexibility index (Phi) is 8.96. The maximum atomic E-state index is 3.48. The van der Waals surface area contributed by atoms with Crippen molar-refractivity contribution in [3.8, 4) is 0 Å². The number of unbranched alkanes of at least 4 members (excludes halogenated alkanes) is 1. The monoisotopic (exact) mass is 154 g/mol. The number of hydrogen-bond donors (Lipinski definition) is 2. The molecule has 0 aliphatic carbocycles. The third kappa shape index (κ3) is 9.44. The molecule has 0 unspecified atom stereocenters. The van der Waals surface area contributed by atoms with Gasteiger partial charge in [0.1, 0.15) is 0 Å². The zero-order chi connectivity index (χ0) is 8.36. The smallest absolute Gasteiger partial charge is 0.0209 e. The Morgan fingerprint density at radius 2 is 2.09 bits per heavy atom. The molecule has 0 aromatic rings. The summed E-state index contributed by atoms with van der Waals surface area (Å²) in [5.41, 5.74) is 2.72. The summed E-state index contributed by atoms with van der Waals surface area (Å²) in [6.45, 7) is 6.56. The minimum atomic E-state index is 0.892. The van der Waals surface area contributed by atoms with Crippen LogP contribution in [-0.4, -0.2) is 26.7 Å². The molecule has 0 aromatic carbocycles. The molecule has 2 heteroatoms. The summed E-state index contributed by atoms with van der Waals surface area (Å²) in [6.07, 6.45) is 4.37. The van der Waals surface area contributed by atoms with Crippen molar-refractivity contribution in [2.45, 2.75) is 12.8 Å². The average Bonchev–Trinajstić information content (AvgIpc) is 2.03. The molecule has 0 spiro atoms. The number of hydrogen-bond acceptors (Lipinski definition) is 2. The molecule has 64 valence electrons. The molecular weight excluding hydrogens is 136 g/mol. The lowest BCUT2D eigenvalue weighted by atomic mass is 10.3. The second kappa shape index (κ2) is 9.44. The van der Waals surface area contributed by atoms with Gasteiger partial charge in [-0.05, 0) is 39.1 Å². The van der Waals surface area contributed by atoms with Gasteiger partial charge in [-0.25, -0.2) is 0 Å². The van der Waals surface area contributed by atoms with Crippen LogP contribution in [0, 0.1) is 0 Å². The van der Waals surface area contributed by atoms with E-state index < -0.39 is 0 Å². The lowest BCUT2D eigenvalue weighted by Crippen LogP contribution is -2.16. The van der Waals surface area contributed by atoms with E-state index in [1.807, 2.05) is 13.1 Å².